The molecule has 1 N–H and O–H groups in total. The van der Waals surface area contributed by atoms with E-state index in [4.69, 9.17) is 23.2 Å². The number of hydrogen-bond donors (Lipinski definition) is 1. The van der Waals surface area contributed by atoms with Crippen molar-refractivity contribution in [2.45, 2.75) is 38.8 Å². The van der Waals surface area contributed by atoms with Gasteiger partial charge in [0, 0.05) is 22.1 Å². The second kappa shape index (κ2) is 7.84. The Kier molecular flexibility index (Phi) is 6.10. The summed E-state index contributed by atoms with van der Waals surface area (Å²) in [5.41, 5.74) is 2.41. The van der Waals surface area contributed by atoms with Crippen molar-refractivity contribution in [3.8, 4) is 0 Å². The first-order valence-corrected chi connectivity index (χ1v) is 8.10. The van der Waals surface area contributed by atoms with Crippen LogP contribution in [0.3, 0.4) is 0 Å². The summed E-state index contributed by atoms with van der Waals surface area (Å²) in [6.45, 7) is 4.37. The molecule has 2 aromatic rings. The van der Waals surface area contributed by atoms with Gasteiger partial charge in [-0.05, 0) is 49.1 Å². The molecule has 0 amide bonds. The first kappa shape index (κ1) is 16.4. The summed E-state index contributed by atoms with van der Waals surface area (Å²) in [5.74, 6) is 0. The van der Waals surface area contributed by atoms with Crippen molar-refractivity contribution < 1.29 is 0 Å². The van der Waals surface area contributed by atoms with Crippen LogP contribution in [0.5, 0.6) is 0 Å². The van der Waals surface area contributed by atoms with E-state index in [1.807, 2.05) is 36.4 Å². The third kappa shape index (κ3) is 4.74. The minimum Gasteiger partial charge on any atom is -0.307 e. The van der Waals surface area contributed by atoms with Crippen molar-refractivity contribution in [3.63, 3.8) is 0 Å². The van der Waals surface area contributed by atoms with Crippen LogP contribution in [-0.2, 0) is 6.42 Å². The summed E-state index contributed by atoms with van der Waals surface area (Å²) >= 11 is 12.3. The van der Waals surface area contributed by atoms with Gasteiger partial charge in [-0.2, -0.15) is 0 Å². The molecular weight excluding hydrogens is 301 g/mol. The first-order chi connectivity index (χ1) is 10.1. The smallest absolute Gasteiger partial charge is 0.0438 e. The minimum absolute atomic E-state index is 0.307. The highest BCUT2D eigenvalue weighted by Gasteiger charge is 2.14. The molecule has 112 valence electrons. The third-order valence-electron chi connectivity index (χ3n) is 3.63. The molecule has 0 spiro atoms. The molecule has 0 heterocycles. The molecule has 2 unspecified atom stereocenters. The van der Waals surface area contributed by atoms with E-state index >= 15 is 0 Å². The molecule has 21 heavy (non-hydrogen) atoms. The maximum Gasteiger partial charge on any atom is 0.0438 e. The van der Waals surface area contributed by atoms with Crippen molar-refractivity contribution in [1.82, 2.24) is 5.32 Å². The van der Waals surface area contributed by atoms with E-state index < -0.39 is 0 Å². The zero-order chi connectivity index (χ0) is 15.2. The lowest BCUT2D eigenvalue weighted by Crippen LogP contribution is -2.32. The van der Waals surface area contributed by atoms with Gasteiger partial charge in [0.2, 0.25) is 0 Å². The van der Waals surface area contributed by atoms with Gasteiger partial charge in [-0.15, -0.1) is 0 Å². The molecule has 1 nitrogen and oxygen atoms in total. The Hall–Kier alpha value is -1.02. The van der Waals surface area contributed by atoms with Gasteiger partial charge in [0.1, 0.15) is 0 Å². The Morgan fingerprint density at radius 1 is 1.05 bits per heavy atom. The van der Waals surface area contributed by atoms with Crippen LogP contribution in [-0.4, -0.2) is 6.04 Å². The van der Waals surface area contributed by atoms with E-state index in [2.05, 4.69) is 31.3 Å². The number of benzene rings is 2. The lowest BCUT2D eigenvalue weighted by Gasteiger charge is -2.23. The Bertz CT molecular complexity index is 583. The average molecular weight is 322 g/mol. The van der Waals surface area contributed by atoms with Gasteiger partial charge in [-0.25, -0.2) is 0 Å². The molecule has 2 aromatic carbocycles. The van der Waals surface area contributed by atoms with Crippen LogP contribution in [0.1, 0.15) is 37.4 Å². The molecule has 0 fully saturated rings. The molecule has 0 aliphatic heterocycles. The fraction of sp³-hybridized carbons (Fsp3) is 0.333. The van der Waals surface area contributed by atoms with Crippen LogP contribution in [0.2, 0.25) is 10.0 Å². The molecule has 0 aliphatic rings. The fourth-order valence-corrected chi connectivity index (χ4v) is 2.98. The van der Waals surface area contributed by atoms with Crippen molar-refractivity contribution in [2.24, 2.45) is 0 Å². The van der Waals surface area contributed by atoms with E-state index in [1.165, 1.54) is 11.1 Å². The highest BCUT2D eigenvalue weighted by Crippen LogP contribution is 2.22. The van der Waals surface area contributed by atoms with Crippen LogP contribution >= 0.6 is 23.2 Å². The second-order valence-electron chi connectivity index (χ2n) is 5.38. The zero-order valence-electron chi connectivity index (χ0n) is 12.4. The molecule has 2 rings (SSSR count). The van der Waals surface area contributed by atoms with Gasteiger partial charge in [-0.3, -0.25) is 0 Å². The highest BCUT2D eigenvalue weighted by atomic mass is 35.5. The summed E-state index contributed by atoms with van der Waals surface area (Å²) < 4.78 is 0. The quantitative estimate of drug-likeness (QED) is 0.723. The van der Waals surface area contributed by atoms with Crippen LogP contribution in [0.4, 0.5) is 0 Å². The lowest BCUT2D eigenvalue weighted by atomic mass is 10.0. The zero-order valence-corrected chi connectivity index (χ0v) is 14.0. The summed E-state index contributed by atoms with van der Waals surface area (Å²) in [6, 6.07) is 16.7. The van der Waals surface area contributed by atoms with Gasteiger partial charge in [0.15, 0.2) is 0 Å². The van der Waals surface area contributed by atoms with E-state index in [-0.39, 0.29) is 0 Å². The predicted octanol–water partition coefficient (Wildman–Crippen LogP) is 5.67. The number of nitrogens with one attached hydrogen (secondary N) is 1. The SMILES string of the molecule is CCC(NC(C)Cc1ccccc1Cl)c1cccc(Cl)c1. The van der Waals surface area contributed by atoms with E-state index in [0.29, 0.717) is 12.1 Å². The van der Waals surface area contributed by atoms with Gasteiger partial charge in [-0.1, -0.05) is 60.5 Å². The molecule has 0 saturated carbocycles. The summed E-state index contributed by atoms with van der Waals surface area (Å²) in [7, 11) is 0. The monoisotopic (exact) mass is 321 g/mol. The van der Waals surface area contributed by atoms with Gasteiger partial charge in [0.05, 0.1) is 0 Å². The maximum absolute atomic E-state index is 6.23. The Labute approximate surface area is 137 Å². The normalized spacial score (nSPS) is 13.9. The number of halogens is 2. The summed E-state index contributed by atoms with van der Waals surface area (Å²) in [4.78, 5) is 0. The summed E-state index contributed by atoms with van der Waals surface area (Å²) in [6.07, 6.45) is 1.93. The van der Waals surface area contributed by atoms with Crippen LogP contribution in [0.25, 0.3) is 0 Å². The molecule has 0 bridgehead atoms. The number of hydrogen-bond acceptors (Lipinski definition) is 1. The van der Waals surface area contributed by atoms with Crippen molar-refractivity contribution in [3.05, 3.63) is 69.7 Å². The third-order valence-corrected chi connectivity index (χ3v) is 4.23. The molecule has 0 radical (unpaired) electrons. The molecule has 3 heteroatoms. The van der Waals surface area contributed by atoms with Crippen molar-refractivity contribution in [1.29, 1.82) is 0 Å². The Balaban J connectivity index is 2.03. The van der Waals surface area contributed by atoms with Gasteiger partial charge in [0.25, 0.3) is 0 Å². The van der Waals surface area contributed by atoms with Crippen LogP contribution in [0, 0.1) is 0 Å². The standard InChI is InChI=1S/C18H21Cl2N/c1-3-18(15-8-6-9-16(19)12-15)21-13(2)11-14-7-4-5-10-17(14)20/h4-10,12-13,18,21H,3,11H2,1-2H3. The predicted molar refractivity (Wildman–Crippen MR) is 92.2 cm³/mol. The first-order valence-electron chi connectivity index (χ1n) is 7.35. The topological polar surface area (TPSA) is 12.0 Å². The summed E-state index contributed by atoms with van der Waals surface area (Å²) in [5, 5.41) is 5.29. The van der Waals surface area contributed by atoms with Gasteiger partial charge < -0.3 is 5.32 Å². The van der Waals surface area contributed by atoms with Crippen LogP contribution < -0.4 is 5.32 Å². The van der Waals surface area contributed by atoms with E-state index in [0.717, 1.165) is 22.9 Å². The maximum atomic E-state index is 6.23. The average Bonchev–Trinajstić information content (AvgIpc) is 2.47. The fourth-order valence-electron chi connectivity index (χ4n) is 2.57. The molecule has 0 aromatic heterocycles. The van der Waals surface area contributed by atoms with Crippen molar-refractivity contribution in [2.75, 3.05) is 0 Å². The molecule has 2 atom stereocenters. The largest absolute Gasteiger partial charge is 0.307 e. The Morgan fingerprint density at radius 3 is 2.48 bits per heavy atom. The van der Waals surface area contributed by atoms with Gasteiger partial charge >= 0.3 is 0 Å². The second-order valence-corrected chi connectivity index (χ2v) is 6.22. The highest BCUT2D eigenvalue weighted by molar-refractivity contribution is 6.31. The minimum atomic E-state index is 0.307. The van der Waals surface area contributed by atoms with Crippen LogP contribution in [0.15, 0.2) is 48.5 Å². The Morgan fingerprint density at radius 2 is 1.81 bits per heavy atom. The van der Waals surface area contributed by atoms with Crippen molar-refractivity contribution >= 4 is 23.2 Å². The van der Waals surface area contributed by atoms with E-state index in [9.17, 15) is 0 Å². The lowest BCUT2D eigenvalue weighted by molar-refractivity contribution is 0.443. The van der Waals surface area contributed by atoms with E-state index in [1.54, 1.807) is 0 Å². The molecule has 0 saturated heterocycles. The molecular formula is C18H21Cl2N. The molecule has 0 aliphatic carbocycles. The number of rotatable bonds is 6.